The molecule has 10 heteroatoms. The van der Waals surface area contributed by atoms with Gasteiger partial charge < -0.3 is 15.2 Å². The van der Waals surface area contributed by atoms with Crippen LogP contribution in [0.3, 0.4) is 0 Å². The van der Waals surface area contributed by atoms with Gasteiger partial charge in [-0.2, -0.15) is 13.2 Å². The van der Waals surface area contributed by atoms with Gasteiger partial charge in [-0.25, -0.2) is 9.59 Å². The van der Waals surface area contributed by atoms with Gasteiger partial charge in [-0.05, 0) is 22.3 Å². The summed E-state index contributed by atoms with van der Waals surface area (Å²) in [6, 6.07) is 12.8. The normalized spacial score (nSPS) is 19.9. The molecule has 1 aliphatic heterocycles. The van der Waals surface area contributed by atoms with Crippen LogP contribution < -0.4 is 5.32 Å². The quantitative estimate of drug-likeness (QED) is 0.749. The van der Waals surface area contributed by atoms with Crippen LogP contribution >= 0.6 is 0 Å². The molecule has 4 rings (SSSR count). The zero-order valence-electron chi connectivity index (χ0n) is 16.6. The van der Waals surface area contributed by atoms with Crippen molar-refractivity contribution in [3.8, 4) is 11.1 Å². The molecule has 2 amide bonds. The molecule has 1 fully saturated rings. The van der Waals surface area contributed by atoms with Gasteiger partial charge in [0.1, 0.15) is 12.6 Å². The molecule has 2 aromatic rings. The summed E-state index contributed by atoms with van der Waals surface area (Å²) in [4.78, 5) is 36.3. The molecular formula is C22H19F3N2O5. The Morgan fingerprint density at radius 3 is 2.12 bits per heavy atom. The first-order chi connectivity index (χ1) is 15.2. The number of amides is 2. The molecule has 0 bridgehead atoms. The van der Waals surface area contributed by atoms with E-state index in [1.54, 1.807) is 5.32 Å². The number of alkyl halides is 3. The van der Waals surface area contributed by atoms with Crippen LogP contribution in [0.5, 0.6) is 0 Å². The van der Waals surface area contributed by atoms with Crippen LogP contribution in [-0.2, 0) is 14.3 Å². The third-order valence-electron chi connectivity index (χ3n) is 5.75. The number of nitrogens with zero attached hydrogens (tertiary/aromatic N) is 1. The maximum Gasteiger partial charge on any atom is 0.471 e. The summed E-state index contributed by atoms with van der Waals surface area (Å²) >= 11 is 0. The van der Waals surface area contributed by atoms with Crippen molar-refractivity contribution in [1.82, 2.24) is 10.2 Å². The Morgan fingerprint density at radius 2 is 1.59 bits per heavy atom. The standard InChI is InChI=1S/C22H19F3N2O5/c23-22(24,25)20(30)26-12-9-18(19(28)29)27(10-12)21(31)32-11-17-15-7-3-1-5-13(15)14-6-2-4-8-16(14)17/h1-8,12,17-18H,9-11H2,(H,26,30)(H,28,29)/t12?,18-/m0/s1. The van der Waals surface area contributed by atoms with Crippen LogP contribution in [0.4, 0.5) is 18.0 Å². The second kappa shape index (κ2) is 8.18. The average Bonchev–Trinajstić information content (AvgIpc) is 3.31. The van der Waals surface area contributed by atoms with Crippen molar-refractivity contribution in [2.24, 2.45) is 0 Å². The Hall–Kier alpha value is -3.56. The summed E-state index contributed by atoms with van der Waals surface area (Å²) in [5.74, 6) is -3.82. The SMILES string of the molecule is O=C(O)[C@@H]1CC(NC(=O)C(F)(F)F)CN1C(=O)OCC1c2ccccc2-c2ccccc21. The van der Waals surface area contributed by atoms with Gasteiger partial charge in [-0.3, -0.25) is 9.69 Å². The molecule has 1 unspecified atom stereocenters. The molecule has 2 aliphatic rings. The summed E-state index contributed by atoms with van der Waals surface area (Å²) in [5.41, 5.74) is 3.97. The zero-order chi connectivity index (χ0) is 23.0. The predicted octanol–water partition coefficient (Wildman–Crippen LogP) is 3.14. The van der Waals surface area contributed by atoms with E-state index in [1.165, 1.54) is 0 Å². The maximum atomic E-state index is 12.7. The monoisotopic (exact) mass is 448 g/mol. The molecule has 1 aliphatic carbocycles. The minimum atomic E-state index is -5.10. The van der Waals surface area contributed by atoms with E-state index in [1.807, 2.05) is 48.5 Å². The van der Waals surface area contributed by atoms with Crippen LogP contribution in [0, 0.1) is 0 Å². The molecule has 2 N–H and O–H groups in total. The van der Waals surface area contributed by atoms with E-state index in [9.17, 15) is 32.7 Å². The van der Waals surface area contributed by atoms with Gasteiger partial charge in [0.05, 0.1) is 0 Å². The molecule has 0 aromatic heterocycles. The van der Waals surface area contributed by atoms with Gasteiger partial charge in [-0.1, -0.05) is 48.5 Å². The summed E-state index contributed by atoms with van der Waals surface area (Å²) in [6.07, 6.45) is -6.40. The fourth-order valence-corrected chi connectivity index (χ4v) is 4.32. The molecule has 7 nitrogen and oxygen atoms in total. The minimum absolute atomic E-state index is 0.0602. The number of fused-ring (bicyclic) bond motifs is 3. The third-order valence-corrected chi connectivity index (χ3v) is 5.75. The fraction of sp³-hybridized carbons (Fsp3) is 0.318. The van der Waals surface area contributed by atoms with Crippen molar-refractivity contribution in [3.05, 3.63) is 59.7 Å². The largest absolute Gasteiger partial charge is 0.480 e. The highest BCUT2D eigenvalue weighted by molar-refractivity contribution is 5.84. The number of likely N-dealkylation sites (tertiary alicyclic amines) is 1. The predicted molar refractivity (Wildman–Crippen MR) is 106 cm³/mol. The average molecular weight is 448 g/mol. The third kappa shape index (κ3) is 4.00. The van der Waals surface area contributed by atoms with Crippen molar-refractivity contribution in [1.29, 1.82) is 0 Å². The first-order valence-corrected chi connectivity index (χ1v) is 9.89. The van der Waals surface area contributed by atoms with Crippen LogP contribution in [0.25, 0.3) is 11.1 Å². The Bertz CT molecular complexity index is 1030. The molecule has 2 aromatic carbocycles. The number of carbonyl (C=O) groups excluding carboxylic acids is 2. The van der Waals surface area contributed by atoms with Gasteiger partial charge in [0.15, 0.2) is 0 Å². The Balaban J connectivity index is 1.46. The Kier molecular flexibility index (Phi) is 5.53. The van der Waals surface area contributed by atoms with Gasteiger partial charge >= 0.3 is 24.1 Å². The molecule has 2 atom stereocenters. The second-order valence-electron chi connectivity index (χ2n) is 7.71. The van der Waals surface area contributed by atoms with Crippen LogP contribution in [0.1, 0.15) is 23.5 Å². The number of hydrogen-bond donors (Lipinski definition) is 2. The molecule has 1 heterocycles. The number of carbonyl (C=O) groups is 3. The lowest BCUT2D eigenvalue weighted by Crippen LogP contribution is -2.45. The van der Waals surface area contributed by atoms with Gasteiger partial charge in [0.25, 0.3) is 0 Å². The molecular weight excluding hydrogens is 429 g/mol. The summed E-state index contributed by atoms with van der Waals surface area (Å²) < 4.78 is 43.0. The van der Waals surface area contributed by atoms with Crippen molar-refractivity contribution in [3.63, 3.8) is 0 Å². The van der Waals surface area contributed by atoms with Crippen LogP contribution in [0.2, 0.25) is 0 Å². The molecule has 0 spiro atoms. The highest BCUT2D eigenvalue weighted by atomic mass is 19.4. The Morgan fingerprint density at radius 1 is 1.03 bits per heavy atom. The topological polar surface area (TPSA) is 95.9 Å². The van der Waals surface area contributed by atoms with Crippen molar-refractivity contribution in [2.75, 3.05) is 13.2 Å². The maximum absolute atomic E-state index is 12.7. The van der Waals surface area contributed by atoms with Crippen LogP contribution in [-0.4, -0.2) is 59.4 Å². The highest BCUT2D eigenvalue weighted by Crippen LogP contribution is 2.44. The summed E-state index contributed by atoms with van der Waals surface area (Å²) in [7, 11) is 0. The fourth-order valence-electron chi connectivity index (χ4n) is 4.32. The number of rotatable bonds is 4. The van der Waals surface area contributed by atoms with E-state index >= 15 is 0 Å². The van der Waals surface area contributed by atoms with Crippen molar-refractivity contribution >= 4 is 18.0 Å². The lowest BCUT2D eigenvalue weighted by Gasteiger charge is -2.22. The number of carboxylic acids is 1. The minimum Gasteiger partial charge on any atom is -0.480 e. The summed E-state index contributed by atoms with van der Waals surface area (Å²) in [6.45, 7) is -0.454. The van der Waals surface area contributed by atoms with Gasteiger partial charge in [0, 0.05) is 24.9 Å². The number of hydrogen-bond acceptors (Lipinski definition) is 4. The van der Waals surface area contributed by atoms with E-state index in [2.05, 4.69) is 0 Å². The lowest BCUT2D eigenvalue weighted by atomic mass is 9.98. The molecule has 32 heavy (non-hydrogen) atoms. The second-order valence-corrected chi connectivity index (χ2v) is 7.71. The van der Waals surface area contributed by atoms with E-state index in [4.69, 9.17) is 4.74 Å². The Labute approximate surface area is 180 Å². The van der Waals surface area contributed by atoms with Crippen molar-refractivity contribution in [2.45, 2.75) is 30.6 Å². The number of halogens is 3. The molecule has 168 valence electrons. The number of aliphatic carboxylic acids is 1. The van der Waals surface area contributed by atoms with E-state index < -0.39 is 42.8 Å². The first-order valence-electron chi connectivity index (χ1n) is 9.89. The van der Waals surface area contributed by atoms with Gasteiger partial charge in [-0.15, -0.1) is 0 Å². The number of carboxylic acid groups (broad SMARTS) is 1. The lowest BCUT2D eigenvalue weighted by molar-refractivity contribution is -0.174. The smallest absolute Gasteiger partial charge is 0.471 e. The first kappa shape index (κ1) is 21.7. The van der Waals surface area contributed by atoms with Gasteiger partial charge in [0.2, 0.25) is 0 Å². The van der Waals surface area contributed by atoms with Crippen LogP contribution in [0.15, 0.2) is 48.5 Å². The number of ether oxygens (including phenoxy) is 1. The molecule has 1 saturated heterocycles. The zero-order valence-corrected chi connectivity index (χ0v) is 16.6. The molecule has 0 radical (unpaired) electrons. The van der Waals surface area contributed by atoms with E-state index in [-0.39, 0.29) is 18.9 Å². The van der Waals surface area contributed by atoms with E-state index in [0.717, 1.165) is 27.2 Å². The number of nitrogens with one attached hydrogen (secondary N) is 1. The summed E-state index contributed by atoms with van der Waals surface area (Å²) in [5, 5.41) is 11.1. The van der Waals surface area contributed by atoms with Crippen molar-refractivity contribution < 1.29 is 37.4 Å². The highest BCUT2D eigenvalue weighted by Gasteiger charge is 2.45. The van der Waals surface area contributed by atoms with E-state index in [0.29, 0.717) is 0 Å². The number of benzene rings is 2. The molecule has 0 saturated carbocycles.